The van der Waals surface area contributed by atoms with E-state index < -0.39 is 16.0 Å². The highest BCUT2D eigenvalue weighted by atomic mass is 32.2. The van der Waals surface area contributed by atoms with Crippen LogP contribution in [0.2, 0.25) is 0 Å². The van der Waals surface area contributed by atoms with Crippen molar-refractivity contribution in [3.8, 4) is 11.3 Å². The van der Waals surface area contributed by atoms with E-state index in [1.807, 2.05) is 30.3 Å². The number of aliphatic carboxylic acids is 1. The highest BCUT2D eigenvalue weighted by molar-refractivity contribution is 7.89. The predicted molar refractivity (Wildman–Crippen MR) is 119 cm³/mol. The summed E-state index contributed by atoms with van der Waals surface area (Å²) in [6, 6.07) is 16.3. The Morgan fingerprint density at radius 2 is 1.72 bits per heavy atom. The van der Waals surface area contributed by atoms with Crippen molar-refractivity contribution in [3.05, 3.63) is 71.4 Å². The average molecular weight is 456 g/mol. The Bertz CT molecular complexity index is 1220. The Labute approximate surface area is 187 Å². The van der Waals surface area contributed by atoms with Crippen LogP contribution in [0.25, 0.3) is 11.3 Å². The van der Waals surface area contributed by atoms with Gasteiger partial charge < -0.3 is 9.84 Å². The number of hydrogen-bond acceptors (Lipinski definition) is 5. The summed E-state index contributed by atoms with van der Waals surface area (Å²) in [7, 11) is -3.69. The number of ether oxygens (including phenoxy) is 1. The van der Waals surface area contributed by atoms with Crippen LogP contribution in [0.5, 0.6) is 0 Å². The molecule has 2 heterocycles. The van der Waals surface area contributed by atoms with Gasteiger partial charge in [-0.25, -0.2) is 8.42 Å². The molecule has 0 radical (unpaired) electrons. The molecule has 3 aromatic rings. The molecule has 1 fully saturated rings. The van der Waals surface area contributed by atoms with Crippen molar-refractivity contribution in [2.45, 2.75) is 24.8 Å². The zero-order valence-corrected chi connectivity index (χ0v) is 18.6. The summed E-state index contributed by atoms with van der Waals surface area (Å²) in [5.74, 6) is -0.944. The lowest BCUT2D eigenvalue weighted by Crippen LogP contribution is -2.41. The number of rotatable bonds is 7. The van der Waals surface area contributed by atoms with Gasteiger partial charge in [-0.1, -0.05) is 48.5 Å². The molecule has 2 aromatic carbocycles. The Morgan fingerprint density at radius 3 is 2.41 bits per heavy atom. The van der Waals surface area contributed by atoms with E-state index in [4.69, 9.17) is 4.74 Å². The standard InChI is InChI=1S/C23H25N3O5S/c1-17-20(15-22(27)28)23(18-7-3-2-4-8-18)26(24-17)16-19-9-5-6-10-21(19)32(29,30)25-11-13-31-14-12-25/h2-10H,11-16H2,1H3,(H,27,28). The fourth-order valence-electron chi connectivity index (χ4n) is 3.99. The second-order valence-electron chi connectivity index (χ2n) is 7.63. The molecule has 1 aliphatic heterocycles. The maximum Gasteiger partial charge on any atom is 0.307 e. The molecule has 0 bridgehead atoms. The maximum atomic E-state index is 13.3. The van der Waals surface area contributed by atoms with Crippen LogP contribution in [0.4, 0.5) is 0 Å². The lowest BCUT2D eigenvalue weighted by atomic mass is 10.0. The van der Waals surface area contributed by atoms with Gasteiger partial charge >= 0.3 is 5.97 Å². The van der Waals surface area contributed by atoms with Gasteiger partial charge in [0.2, 0.25) is 10.0 Å². The third-order valence-corrected chi connectivity index (χ3v) is 7.51. The van der Waals surface area contributed by atoms with Crippen LogP contribution in [-0.2, 0) is 32.5 Å². The monoisotopic (exact) mass is 455 g/mol. The fraction of sp³-hybridized carbons (Fsp3) is 0.304. The van der Waals surface area contributed by atoms with Crippen molar-refractivity contribution in [1.29, 1.82) is 0 Å². The van der Waals surface area contributed by atoms with E-state index in [1.165, 1.54) is 4.31 Å². The minimum atomic E-state index is -3.69. The SMILES string of the molecule is Cc1nn(Cc2ccccc2S(=O)(=O)N2CCOCC2)c(-c2ccccc2)c1CC(=O)O. The molecule has 9 heteroatoms. The van der Waals surface area contributed by atoms with Crippen LogP contribution in [0.1, 0.15) is 16.8 Å². The first-order chi connectivity index (χ1) is 15.4. The first-order valence-corrected chi connectivity index (χ1v) is 11.8. The Hall–Kier alpha value is -3.01. The maximum absolute atomic E-state index is 13.3. The van der Waals surface area contributed by atoms with Gasteiger partial charge in [0, 0.05) is 24.2 Å². The van der Waals surface area contributed by atoms with E-state index in [2.05, 4.69) is 5.10 Å². The predicted octanol–water partition coefficient (Wildman–Crippen LogP) is 2.55. The van der Waals surface area contributed by atoms with Crippen molar-refractivity contribution >= 4 is 16.0 Å². The largest absolute Gasteiger partial charge is 0.481 e. The Morgan fingerprint density at radius 1 is 1.06 bits per heavy atom. The quantitative estimate of drug-likeness (QED) is 0.588. The molecule has 1 saturated heterocycles. The van der Waals surface area contributed by atoms with Gasteiger partial charge in [-0.15, -0.1) is 0 Å². The average Bonchev–Trinajstić information content (AvgIpc) is 3.09. The number of morpholine rings is 1. The molecule has 0 atom stereocenters. The molecular formula is C23H25N3O5S. The summed E-state index contributed by atoms with van der Waals surface area (Å²) in [5.41, 5.74) is 3.35. The van der Waals surface area contributed by atoms with E-state index >= 15 is 0 Å². The molecular weight excluding hydrogens is 430 g/mol. The first-order valence-electron chi connectivity index (χ1n) is 10.4. The molecule has 0 saturated carbocycles. The molecule has 1 N–H and O–H groups in total. The number of carboxylic acids is 1. The van der Waals surface area contributed by atoms with Gasteiger partial charge in [-0.2, -0.15) is 9.40 Å². The lowest BCUT2D eigenvalue weighted by molar-refractivity contribution is -0.136. The third-order valence-electron chi connectivity index (χ3n) is 5.51. The minimum Gasteiger partial charge on any atom is -0.481 e. The van der Waals surface area contributed by atoms with Crippen LogP contribution in [0, 0.1) is 6.92 Å². The van der Waals surface area contributed by atoms with E-state index in [0.717, 1.165) is 5.56 Å². The first kappa shape index (κ1) is 22.2. The summed E-state index contributed by atoms with van der Waals surface area (Å²) < 4.78 is 35.1. The van der Waals surface area contributed by atoms with E-state index in [-0.39, 0.29) is 17.9 Å². The molecule has 8 nitrogen and oxygen atoms in total. The lowest BCUT2D eigenvalue weighted by Gasteiger charge is -2.27. The van der Waals surface area contributed by atoms with E-state index in [0.29, 0.717) is 48.8 Å². The molecule has 32 heavy (non-hydrogen) atoms. The molecule has 0 spiro atoms. The molecule has 0 amide bonds. The van der Waals surface area contributed by atoms with Crippen LogP contribution in [0.15, 0.2) is 59.5 Å². The van der Waals surface area contributed by atoms with Gasteiger partial charge in [0.05, 0.1) is 42.5 Å². The van der Waals surface area contributed by atoms with Crippen molar-refractivity contribution in [2.75, 3.05) is 26.3 Å². The van der Waals surface area contributed by atoms with Gasteiger partial charge in [0.1, 0.15) is 0 Å². The van der Waals surface area contributed by atoms with Crippen molar-refractivity contribution in [2.24, 2.45) is 0 Å². The number of aryl methyl sites for hydroxylation is 1. The number of carboxylic acid groups (broad SMARTS) is 1. The molecule has 0 unspecified atom stereocenters. The van der Waals surface area contributed by atoms with Crippen LogP contribution >= 0.6 is 0 Å². The third kappa shape index (κ3) is 4.45. The topological polar surface area (TPSA) is 102 Å². The molecule has 4 rings (SSSR count). The van der Waals surface area contributed by atoms with Gasteiger partial charge in [0.25, 0.3) is 0 Å². The van der Waals surface area contributed by atoms with Crippen LogP contribution in [0.3, 0.4) is 0 Å². The van der Waals surface area contributed by atoms with Gasteiger partial charge in [-0.05, 0) is 18.6 Å². The molecule has 1 aromatic heterocycles. The summed E-state index contributed by atoms with van der Waals surface area (Å²) in [4.78, 5) is 11.7. The minimum absolute atomic E-state index is 0.163. The Kier molecular flexibility index (Phi) is 6.40. The number of nitrogens with zero attached hydrogens (tertiary/aromatic N) is 3. The summed E-state index contributed by atoms with van der Waals surface area (Å²) in [6.07, 6.45) is -0.163. The second kappa shape index (κ2) is 9.23. The fourth-order valence-corrected chi connectivity index (χ4v) is 5.61. The second-order valence-corrected chi connectivity index (χ2v) is 9.54. The number of carbonyl (C=O) groups is 1. The number of benzene rings is 2. The number of sulfonamides is 1. The molecule has 0 aliphatic carbocycles. The van der Waals surface area contributed by atoms with Gasteiger partial charge in [-0.3, -0.25) is 9.48 Å². The normalized spacial score (nSPS) is 15.0. The summed E-state index contributed by atoms with van der Waals surface area (Å²) in [6.45, 7) is 3.35. The molecule has 168 valence electrons. The van der Waals surface area contributed by atoms with E-state index in [9.17, 15) is 18.3 Å². The zero-order valence-electron chi connectivity index (χ0n) is 17.8. The van der Waals surface area contributed by atoms with Crippen LogP contribution in [-0.4, -0.2) is 59.9 Å². The number of aromatic nitrogens is 2. The van der Waals surface area contributed by atoms with E-state index in [1.54, 1.807) is 35.9 Å². The smallest absolute Gasteiger partial charge is 0.307 e. The highest BCUT2D eigenvalue weighted by Crippen LogP contribution is 2.29. The van der Waals surface area contributed by atoms with Crippen molar-refractivity contribution in [3.63, 3.8) is 0 Å². The number of hydrogen-bond donors (Lipinski definition) is 1. The van der Waals surface area contributed by atoms with Crippen molar-refractivity contribution < 1.29 is 23.1 Å². The summed E-state index contributed by atoms with van der Waals surface area (Å²) >= 11 is 0. The molecule has 1 aliphatic rings. The van der Waals surface area contributed by atoms with Gasteiger partial charge in [0.15, 0.2) is 0 Å². The Balaban J connectivity index is 1.78. The summed E-state index contributed by atoms with van der Waals surface area (Å²) in [5, 5.41) is 14.0. The van der Waals surface area contributed by atoms with Crippen LogP contribution < -0.4 is 0 Å². The zero-order chi connectivity index (χ0) is 22.7. The van der Waals surface area contributed by atoms with Crippen molar-refractivity contribution in [1.82, 2.24) is 14.1 Å². The highest BCUT2D eigenvalue weighted by Gasteiger charge is 2.29.